The summed E-state index contributed by atoms with van der Waals surface area (Å²) in [6.07, 6.45) is 4.46. The quantitative estimate of drug-likeness (QED) is 0.0992. The van der Waals surface area contributed by atoms with Gasteiger partial charge in [0.2, 0.25) is 15.9 Å². The molecule has 0 unspecified atom stereocenters. The van der Waals surface area contributed by atoms with Crippen LogP contribution in [0.25, 0.3) is 22.6 Å². The van der Waals surface area contributed by atoms with E-state index in [9.17, 15) is 18.0 Å². The first-order valence-electron chi connectivity index (χ1n) is 19.7. The maximum Gasteiger partial charge on any atom is 0.419 e. The molecule has 0 radical (unpaired) electrons. The van der Waals surface area contributed by atoms with Crippen LogP contribution in [-0.4, -0.2) is 73.2 Å². The molecule has 7 rings (SSSR count). The Kier molecular flexibility index (Phi) is 12.3. The number of hydrogen-bond donors (Lipinski definition) is 0. The first-order chi connectivity index (χ1) is 27.5. The summed E-state index contributed by atoms with van der Waals surface area (Å²) in [7, 11) is -5.60. The van der Waals surface area contributed by atoms with E-state index >= 15 is 0 Å². The number of carbonyl (C=O) groups excluding carboxylic acids is 1. The zero-order valence-electron chi connectivity index (χ0n) is 32.8. The summed E-state index contributed by atoms with van der Waals surface area (Å²) in [5.41, 5.74) is 4.33. The lowest BCUT2D eigenvalue weighted by atomic mass is 9.98. The molecule has 3 atom stereocenters. The van der Waals surface area contributed by atoms with Gasteiger partial charge in [-0.2, -0.15) is 4.31 Å². The normalized spacial score (nSPS) is 19.4. The van der Waals surface area contributed by atoms with Crippen molar-refractivity contribution in [1.82, 2.24) is 13.8 Å². The Morgan fingerprint density at radius 2 is 1.46 bits per heavy atom. The number of ether oxygens (including phenoxy) is 2. The van der Waals surface area contributed by atoms with Gasteiger partial charge in [0.05, 0.1) is 29.8 Å². The first kappa shape index (κ1) is 40.0. The number of benzene rings is 4. The monoisotopic (exact) mass is 805 g/mol. The van der Waals surface area contributed by atoms with Crippen molar-refractivity contribution in [1.29, 1.82) is 0 Å². The van der Waals surface area contributed by atoms with E-state index in [2.05, 4.69) is 19.6 Å². The van der Waals surface area contributed by atoms with Crippen LogP contribution in [0.4, 0.5) is 0 Å². The molecule has 12 heteroatoms. The van der Waals surface area contributed by atoms with Crippen LogP contribution < -0.4 is 10.5 Å². The van der Waals surface area contributed by atoms with Crippen LogP contribution in [-0.2, 0) is 39.1 Å². The van der Waals surface area contributed by atoms with E-state index in [0.29, 0.717) is 36.9 Å². The van der Waals surface area contributed by atoms with E-state index in [-0.39, 0.29) is 43.8 Å². The second kappa shape index (κ2) is 17.5. The third-order valence-corrected chi connectivity index (χ3v) is 14.6. The van der Waals surface area contributed by atoms with E-state index in [1.54, 1.807) is 16.9 Å². The lowest BCUT2D eigenvalue weighted by molar-refractivity contribution is -0.145. The summed E-state index contributed by atoms with van der Waals surface area (Å²) < 4.78 is 49.6. The minimum atomic E-state index is -3.86. The third kappa shape index (κ3) is 9.69. The lowest BCUT2D eigenvalue weighted by Crippen LogP contribution is -2.66. The second-order valence-electron chi connectivity index (χ2n) is 16.0. The van der Waals surface area contributed by atoms with Crippen molar-refractivity contribution in [3.05, 3.63) is 149 Å². The van der Waals surface area contributed by atoms with Gasteiger partial charge >= 0.3 is 5.76 Å². The van der Waals surface area contributed by atoms with Crippen LogP contribution in [0.15, 0.2) is 137 Å². The number of rotatable bonds is 15. The van der Waals surface area contributed by atoms with Crippen molar-refractivity contribution in [2.24, 2.45) is 0 Å². The number of amides is 1. The zero-order chi connectivity index (χ0) is 40.0. The molecule has 1 fully saturated rings. The molecule has 5 aromatic rings. The molecular weight excluding hydrogens is 755 g/mol. The molecule has 0 saturated carbocycles. The van der Waals surface area contributed by atoms with E-state index < -0.39 is 35.9 Å². The molecule has 1 saturated heterocycles. The smallest absolute Gasteiger partial charge is 0.419 e. The topological polar surface area (TPSA) is 111 Å². The van der Waals surface area contributed by atoms with Crippen molar-refractivity contribution in [2.45, 2.75) is 76.2 Å². The van der Waals surface area contributed by atoms with Crippen molar-refractivity contribution in [3.8, 4) is 28.3 Å². The van der Waals surface area contributed by atoms with Gasteiger partial charge in [-0.3, -0.25) is 9.36 Å². The molecule has 2 bridgehead atoms. The Hall–Kier alpha value is -5.17. The van der Waals surface area contributed by atoms with Gasteiger partial charge in [-0.15, -0.1) is 0 Å². The van der Waals surface area contributed by atoms with Gasteiger partial charge in [0.15, 0.2) is 5.76 Å². The van der Waals surface area contributed by atoms with Gasteiger partial charge in [-0.05, 0) is 54.6 Å². The first-order valence-corrected chi connectivity index (χ1v) is 25.0. The average molecular weight is 806 g/mol. The molecule has 3 heterocycles. The highest BCUT2D eigenvalue weighted by Gasteiger charge is 2.48. The van der Waals surface area contributed by atoms with Crippen molar-refractivity contribution in [3.63, 3.8) is 0 Å². The fraction of sp³-hybridized carbons (Fsp3) is 0.333. The summed E-state index contributed by atoms with van der Waals surface area (Å²) in [4.78, 5) is 30.1. The maximum atomic E-state index is 14.8. The summed E-state index contributed by atoms with van der Waals surface area (Å²) in [5, 5.41) is 0. The van der Waals surface area contributed by atoms with Crippen molar-refractivity contribution < 1.29 is 27.1 Å². The van der Waals surface area contributed by atoms with Gasteiger partial charge in [0.25, 0.3) is 0 Å². The van der Waals surface area contributed by atoms with Crippen molar-refractivity contribution in [2.75, 3.05) is 18.9 Å². The lowest BCUT2D eigenvalue weighted by Gasteiger charge is -2.47. The minimum absolute atomic E-state index is 0.0282. The highest BCUT2D eigenvalue weighted by atomic mass is 32.2. The number of piperazine rings is 1. The number of nitrogens with zero attached hydrogens (tertiary/aromatic N) is 3. The number of fused-ring (bicyclic) bond motifs is 2. The Balaban J connectivity index is 1.15. The number of aromatic nitrogens is 1. The van der Waals surface area contributed by atoms with Crippen LogP contribution in [0.1, 0.15) is 24.0 Å². The predicted octanol–water partition coefficient (Wildman–Crippen LogP) is 7.84. The number of hydrogen-bond acceptors (Lipinski definition) is 7. The van der Waals surface area contributed by atoms with Crippen LogP contribution in [0, 0.1) is 0 Å². The van der Waals surface area contributed by atoms with Crippen LogP contribution >= 0.6 is 0 Å². The molecule has 0 aliphatic carbocycles. The van der Waals surface area contributed by atoms with Crippen LogP contribution in [0.3, 0.4) is 0 Å². The summed E-state index contributed by atoms with van der Waals surface area (Å²) >= 11 is 0. The molecule has 2 aliphatic rings. The SMILES string of the molecule is C[Si](C)(C)CCS(=O)(=O)N1[C@@H]2/C=C\OC[C@H](Cc3ccc(OCc4ccccc4)cc3)N(C2)C(=O)[C@H]1CCCn1c(-c2ccccc2)c(-c2ccccc2)oc1=O. The van der Waals surface area contributed by atoms with E-state index in [0.717, 1.165) is 28.0 Å². The molecule has 2 aliphatic heterocycles. The molecule has 4 aromatic carbocycles. The third-order valence-electron chi connectivity index (χ3n) is 10.6. The molecule has 0 spiro atoms. The average Bonchev–Trinajstić information content (AvgIpc) is 3.54. The zero-order valence-corrected chi connectivity index (χ0v) is 34.6. The number of carbonyl (C=O) groups is 1. The minimum Gasteiger partial charge on any atom is -0.499 e. The number of sulfonamides is 1. The largest absolute Gasteiger partial charge is 0.499 e. The van der Waals surface area contributed by atoms with Gasteiger partial charge in [0, 0.05) is 32.3 Å². The highest BCUT2D eigenvalue weighted by Crippen LogP contribution is 2.34. The van der Waals surface area contributed by atoms with Crippen molar-refractivity contribution >= 4 is 24.0 Å². The van der Waals surface area contributed by atoms with Gasteiger partial charge < -0.3 is 18.8 Å². The fourth-order valence-electron chi connectivity index (χ4n) is 7.59. The second-order valence-corrected chi connectivity index (χ2v) is 23.7. The maximum absolute atomic E-state index is 14.8. The molecule has 0 N–H and O–H groups in total. The summed E-state index contributed by atoms with van der Waals surface area (Å²) in [6.45, 7) is 7.63. The molecule has 57 heavy (non-hydrogen) atoms. The van der Waals surface area contributed by atoms with Gasteiger partial charge in [-0.1, -0.05) is 123 Å². The fourth-order valence-corrected chi connectivity index (χ4v) is 12.4. The Morgan fingerprint density at radius 3 is 2.12 bits per heavy atom. The van der Waals surface area contributed by atoms with Crippen LogP contribution in [0.2, 0.25) is 25.7 Å². The molecule has 298 valence electrons. The number of oxazole rings is 1. The molecule has 1 amide bonds. The molecule has 10 nitrogen and oxygen atoms in total. The summed E-state index contributed by atoms with van der Waals surface area (Å²) in [6, 6.07) is 35.7. The van der Waals surface area contributed by atoms with Gasteiger partial charge in [0.1, 0.15) is 25.0 Å². The summed E-state index contributed by atoms with van der Waals surface area (Å²) in [5.74, 6) is 0.429. The van der Waals surface area contributed by atoms with E-state index in [4.69, 9.17) is 13.9 Å². The predicted molar refractivity (Wildman–Crippen MR) is 226 cm³/mol. The molecular formula is C45H51N3O7SSi. The standard InChI is InChI=1S/C45H51N3O7SSi/c1-57(2,3)29-28-56(51,52)48-38-25-27-53-33-39(30-34-21-23-40(24-22-34)54-32-35-14-7-4-8-15-35)47(31-38)44(49)41(48)20-13-26-46-42(36-16-9-5-10-17-36)43(55-45(46)50)37-18-11-6-12-19-37/h4-12,14-19,21-25,27,38-39,41H,13,20,26,28-33H2,1-3H3/b27-25-/t38-,39+,41-/m1/s1. The van der Waals surface area contributed by atoms with E-state index in [1.165, 1.54) is 4.31 Å². The highest BCUT2D eigenvalue weighted by molar-refractivity contribution is 7.89. The van der Waals surface area contributed by atoms with Gasteiger partial charge in [-0.25, -0.2) is 13.2 Å². The van der Waals surface area contributed by atoms with Crippen LogP contribution in [0.5, 0.6) is 5.75 Å². The Bertz CT molecular complexity index is 2310. The molecule has 1 aromatic heterocycles. The Morgan fingerprint density at radius 1 is 0.807 bits per heavy atom. The Labute approximate surface area is 336 Å². The van der Waals surface area contributed by atoms with E-state index in [1.807, 2.05) is 120 Å².